The number of pyridine rings is 1. The Hall–Kier alpha value is -2.08. The second-order valence-corrected chi connectivity index (χ2v) is 4.06. The molecule has 0 saturated heterocycles. The van der Waals surface area contributed by atoms with E-state index in [-0.39, 0.29) is 0 Å². The van der Waals surface area contributed by atoms with Gasteiger partial charge in [-0.2, -0.15) is 13.2 Å². The smallest absolute Gasteiger partial charge is 0.397 e. The maximum atomic E-state index is 12.4. The predicted octanol–water partition coefficient (Wildman–Crippen LogP) is 2.81. The molecule has 0 aliphatic heterocycles. The van der Waals surface area contributed by atoms with Crippen LogP contribution in [0.2, 0.25) is 0 Å². The molecule has 6 heteroatoms. The number of hydrogen-bond donors (Lipinski definition) is 2. The molecular weight excluding hydrogens is 255 g/mol. The lowest BCUT2D eigenvalue weighted by molar-refractivity contribution is -0.137. The fraction of sp³-hybridized carbons (Fsp3) is 0.154. The summed E-state index contributed by atoms with van der Waals surface area (Å²) >= 11 is 0. The van der Waals surface area contributed by atoms with Crippen molar-refractivity contribution < 1.29 is 13.2 Å². The van der Waals surface area contributed by atoms with E-state index in [1.165, 1.54) is 12.1 Å². The van der Waals surface area contributed by atoms with E-state index in [0.717, 1.165) is 17.7 Å². The molecule has 3 nitrogen and oxygen atoms in total. The Morgan fingerprint density at radius 3 is 2.21 bits per heavy atom. The molecule has 0 atom stereocenters. The number of nitrogen functional groups attached to an aromatic ring is 1. The van der Waals surface area contributed by atoms with Crippen molar-refractivity contribution in [3.63, 3.8) is 0 Å². The first-order valence-electron chi connectivity index (χ1n) is 5.54. The summed E-state index contributed by atoms with van der Waals surface area (Å²) < 4.78 is 37.3. The molecule has 0 aliphatic rings. The van der Waals surface area contributed by atoms with E-state index in [4.69, 9.17) is 11.5 Å². The lowest BCUT2D eigenvalue weighted by atomic mass is 10.1. The van der Waals surface area contributed by atoms with Crippen LogP contribution >= 0.6 is 0 Å². The molecule has 0 saturated carbocycles. The van der Waals surface area contributed by atoms with Crippen LogP contribution in [0.5, 0.6) is 0 Å². The molecule has 19 heavy (non-hydrogen) atoms. The SMILES string of the molecule is NCc1cnc(-c2ccc(C(F)(F)F)cc2)c(N)c1. The third kappa shape index (κ3) is 2.85. The largest absolute Gasteiger partial charge is 0.416 e. The fourth-order valence-electron chi connectivity index (χ4n) is 1.70. The van der Waals surface area contributed by atoms with Gasteiger partial charge in [-0.15, -0.1) is 0 Å². The monoisotopic (exact) mass is 267 g/mol. The van der Waals surface area contributed by atoms with E-state index in [1.54, 1.807) is 12.3 Å². The molecule has 0 radical (unpaired) electrons. The van der Waals surface area contributed by atoms with Gasteiger partial charge in [-0.3, -0.25) is 4.98 Å². The number of hydrogen-bond acceptors (Lipinski definition) is 3. The van der Waals surface area contributed by atoms with Gasteiger partial charge in [0.1, 0.15) is 0 Å². The zero-order valence-corrected chi connectivity index (χ0v) is 9.91. The third-order valence-electron chi connectivity index (χ3n) is 2.70. The zero-order chi connectivity index (χ0) is 14.0. The number of anilines is 1. The average Bonchev–Trinajstić information content (AvgIpc) is 2.37. The van der Waals surface area contributed by atoms with Crippen molar-refractivity contribution in [3.05, 3.63) is 47.7 Å². The maximum Gasteiger partial charge on any atom is 0.416 e. The van der Waals surface area contributed by atoms with Crippen molar-refractivity contribution in [1.82, 2.24) is 4.98 Å². The fourth-order valence-corrected chi connectivity index (χ4v) is 1.70. The molecule has 1 heterocycles. The standard InChI is InChI=1S/C13H12F3N3/c14-13(15,16)10-3-1-9(2-4-10)12-11(18)5-8(6-17)7-19-12/h1-5,7H,6,17-18H2. The highest BCUT2D eigenvalue weighted by molar-refractivity contribution is 5.72. The summed E-state index contributed by atoms with van der Waals surface area (Å²) in [6, 6.07) is 6.38. The van der Waals surface area contributed by atoms with Crippen LogP contribution in [0.4, 0.5) is 18.9 Å². The minimum atomic E-state index is -4.35. The maximum absolute atomic E-state index is 12.4. The van der Waals surface area contributed by atoms with Crippen LogP contribution in [0.25, 0.3) is 11.3 Å². The predicted molar refractivity (Wildman–Crippen MR) is 67.0 cm³/mol. The van der Waals surface area contributed by atoms with Gasteiger partial charge in [0.25, 0.3) is 0 Å². The molecule has 1 aromatic heterocycles. The van der Waals surface area contributed by atoms with Gasteiger partial charge in [-0.1, -0.05) is 12.1 Å². The molecule has 100 valence electrons. The van der Waals surface area contributed by atoms with E-state index >= 15 is 0 Å². The summed E-state index contributed by atoms with van der Waals surface area (Å²) in [5, 5.41) is 0. The van der Waals surface area contributed by atoms with Crippen LogP contribution in [0.1, 0.15) is 11.1 Å². The van der Waals surface area contributed by atoms with E-state index in [2.05, 4.69) is 4.98 Å². The Bertz CT molecular complexity index is 577. The summed E-state index contributed by atoms with van der Waals surface area (Å²) in [5.41, 5.74) is 12.7. The summed E-state index contributed by atoms with van der Waals surface area (Å²) in [4.78, 5) is 4.12. The van der Waals surface area contributed by atoms with Gasteiger partial charge >= 0.3 is 6.18 Å². The summed E-state index contributed by atoms with van der Waals surface area (Å²) in [7, 11) is 0. The highest BCUT2D eigenvalue weighted by atomic mass is 19.4. The molecule has 0 aliphatic carbocycles. The summed E-state index contributed by atoms with van der Waals surface area (Å²) in [5.74, 6) is 0. The minimum absolute atomic E-state index is 0.310. The van der Waals surface area contributed by atoms with Crippen LogP contribution in [0, 0.1) is 0 Å². The van der Waals surface area contributed by atoms with Crippen molar-refractivity contribution >= 4 is 5.69 Å². The van der Waals surface area contributed by atoms with E-state index in [0.29, 0.717) is 23.5 Å². The van der Waals surface area contributed by atoms with Crippen molar-refractivity contribution in [2.45, 2.75) is 12.7 Å². The zero-order valence-electron chi connectivity index (χ0n) is 9.91. The highest BCUT2D eigenvalue weighted by Gasteiger charge is 2.30. The summed E-state index contributed by atoms with van der Waals surface area (Å²) in [6.45, 7) is 0.310. The van der Waals surface area contributed by atoms with Gasteiger partial charge in [0.2, 0.25) is 0 Å². The molecule has 1 aromatic carbocycles. The van der Waals surface area contributed by atoms with Gasteiger partial charge in [0.05, 0.1) is 16.9 Å². The van der Waals surface area contributed by atoms with Gasteiger partial charge in [0, 0.05) is 18.3 Å². The van der Waals surface area contributed by atoms with Crippen molar-refractivity contribution in [3.8, 4) is 11.3 Å². The number of benzene rings is 1. The topological polar surface area (TPSA) is 64.9 Å². The average molecular weight is 267 g/mol. The molecule has 0 fully saturated rings. The van der Waals surface area contributed by atoms with Crippen LogP contribution in [0.15, 0.2) is 36.5 Å². The first-order valence-corrected chi connectivity index (χ1v) is 5.54. The molecule has 0 bridgehead atoms. The van der Waals surface area contributed by atoms with Crippen LogP contribution in [-0.4, -0.2) is 4.98 Å². The second-order valence-electron chi connectivity index (χ2n) is 4.06. The van der Waals surface area contributed by atoms with Crippen molar-refractivity contribution in [2.24, 2.45) is 5.73 Å². The molecule has 2 aromatic rings. The van der Waals surface area contributed by atoms with Crippen LogP contribution in [0.3, 0.4) is 0 Å². The van der Waals surface area contributed by atoms with Gasteiger partial charge in [-0.25, -0.2) is 0 Å². The highest BCUT2D eigenvalue weighted by Crippen LogP contribution is 2.31. The molecule has 0 amide bonds. The Morgan fingerprint density at radius 2 is 1.74 bits per heavy atom. The van der Waals surface area contributed by atoms with E-state index < -0.39 is 11.7 Å². The Balaban J connectivity index is 2.37. The lowest BCUT2D eigenvalue weighted by Gasteiger charge is -2.09. The molecule has 4 N–H and O–H groups in total. The van der Waals surface area contributed by atoms with Crippen LogP contribution in [-0.2, 0) is 12.7 Å². The minimum Gasteiger partial charge on any atom is -0.397 e. The molecular formula is C13H12F3N3. The van der Waals surface area contributed by atoms with Gasteiger partial charge in [0.15, 0.2) is 0 Å². The Morgan fingerprint density at radius 1 is 1.11 bits per heavy atom. The van der Waals surface area contributed by atoms with Crippen molar-refractivity contribution in [1.29, 1.82) is 0 Å². The first-order chi connectivity index (χ1) is 8.91. The normalized spacial score (nSPS) is 11.6. The number of nitrogens with two attached hydrogens (primary N) is 2. The van der Waals surface area contributed by atoms with Gasteiger partial charge < -0.3 is 11.5 Å². The lowest BCUT2D eigenvalue weighted by Crippen LogP contribution is -2.04. The molecule has 0 spiro atoms. The number of nitrogens with zero attached hydrogens (tertiary/aromatic N) is 1. The molecule has 2 rings (SSSR count). The van der Waals surface area contributed by atoms with Gasteiger partial charge in [-0.05, 0) is 23.8 Å². The third-order valence-corrected chi connectivity index (χ3v) is 2.70. The van der Waals surface area contributed by atoms with E-state index in [1.807, 2.05) is 0 Å². The number of alkyl halides is 3. The Labute approximate surface area is 108 Å². The van der Waals surface area contributed by atoms with Crippen LogP contribution < -0.4 is 11.5 Å². The number of aromatic nitrogens is 1. The number of rotatable bonds is 2. The quantitative estimate of drug-likeness (QED) is 0.879. The van der Waals surface area contributed by atoms with Crippen molar-refractivity contribution in [2.75, 3.05) is 5.73 Å². The number of halogens is 3. The van der Waals surface area contributed by atoms with E-state index in [9.17, 15) is 13.2 Å². The summed E-state index contributed by atoms with van der Waals surface area (Å²) in [6.07, 6.45) is -2.79. The molecule has 0 unspecified atom stereocenters. The first kappa shape index (κ1) is 13.4. The second kappa shape index (κ2) is 4.89. The Kier molecular flexibility index (Phi) is 3.44.